The number of sulfonamides is 1. The zero-order valence-electron chi connectivity index (χ0n) is 11.7. The first kappa shape index (κ1) is 14.5. The molecule has 0 aliphatic rings. The Balaban J connectivity index is 2.20. The highest BCUT2D eigenvalue weighted by Gasteiger charge is 2.17. The van der Waals surface area contributed by atoms with Crippen molar-refractivity contribution in [3.05, 3.63) is 42.1 Å². The molecule has 7 heteroatoms. The summed E-state index contributed by atoms with van der Waals surface area (Å²) in [6, 6.07) is 8.95. The maximum atomic E-state index is 12.2. The summed E-state index contributed by atoms with van der Waals surface area (Å²) in [5.41, 5.74) is 1.62. The van der Waals surface area contributed by atoms with Crippen LogP contribution in [0.3, 0.4) is 0 Å². The lowest BCUT2D eigenvalue weighted by Gasteiger charge is -2.12. The van der Waals surface area contributed by atoms with E-state index in [1.54, 1.807) is 19.2 Å². The second-order valence-electron chi connectivity index (χ2n) is 4.53. The molecule has 2 rings (SSSR count). The fourth-order valence-electron chi connectivity index (χ4n) is 1.84. The molecule has 0 fully saturated rings. The Bertz CT molecular complexity index is 677. The first-order chi connectivity index (χ1) is 9.44. The minimum atomic E-state index is -3.60. The van der Waals surface area contributed by atoms with Gasteiger partial charge in [-0.05, 0) is 37.7 Å². The van der Waals surface area contributed by atoms with Crippen LogP contribution in [0.2, 0.25) is 0 Å². The van der Waals surface area contributed by atoms with E-state index < -0.39 is 10.0 Å². The van der Waals surface area contributed by atoms with Gasteiger partial charge in [-0.1, -0.05) is 12.1 Å². The third-order valence-electron chi connectivity index (χ3n) is 3.15. The van der Waals surface area contributed by atoms with Gasteiger partial charge in [-0.3, -0.25) is 9.40 Å². The number of nitrogens with zero attached hydrogens (tertiary/aromatic N) is 2. The standard InChI is InChI=1S/C13H18N4O2S/c1-10(14-2)11-4-6-12(7-5-11)16-20(18,19)13-8-9-15-17(13)3/h4-10,14,16H,1-3H3. The van der Waals surface area contributed by atoms with Gasteiger partial charge in [0.2, 0.25) is 0 Å². The number of rotatable bonds is 5. The van der Waals surface area contributed by atoms with Crippen molar-refractivity contribution in [1.29, 1.82) is 0 Å². The van der Waals surface area contributed by atoms with Crippen LogP contribution in [0.1, 0.15) is 18.5 Å². The molecule has 0 aliphatic carbocycles. The second kappa shape index (κ2) is 5.64. The Morgan fingerprint density at radius 1 is 1.20 bits per heavy atom. The van der Waals surface area contributed by atoms with Crippen LogP contribution in [0.5, 0.6) is 0 Å². The molecule has 0 radical (unpaired) electrons. The van der Waals surface area contributed by atoms with E-state index in [-0.39, 0.29) is 11.1 Å². The van der Waals surface area contributed by atoms with Crippen LogP contribution in [0.15, 0.2) is 41.6 Å². The highest BCUT2D eigenvalue weighted by Crippen LogP contribution is 2.18. The molecule has 1 atom stereocenters. The topological polar surface area (TPSA) is 76.0 Å². The molecule has 2 N–H and O–H groups in total. The van der Waals surface area contributed by atoms with Crippen LogP contribution < -0.4 is 10.0 Å². The minimum absolute atomic E-state index is 0.130. The molecule has 0 spiro atoms. The molecule has 20 heavy (non-hydrogen) atoms. The third-order valence-corrected chi connectivity index (χ3v) is 4.60. The van der Waals surface area contributed by atoms with Gasteiger partial charge in [-0.25, -0.2) is 0 Å². The van der Waals surface area contributed by atoms with Gasteiger partial charge in [0, 0.05) is 18.8 Å². The summed E-state index contributed by atoms with van der Waals surface area (Å²) in [7, 11) is -0.136. The smallest absolute Gasteiger partial charge is 0.279 e. The largest absolute Gasteiger partial charge is 0.313 e. The summed E-state index contributed by atoms with van der Waals surface area (Å²) in [5, 5.41) is 7.12. The Kier molecular flexibility index (Phi) is 4.10. The van der Waals surface area contributed by atoms with Crippen molar-refractivity contribution in [2.24, 2.45) is 7.05 Å². The van der Waals surface area contributed by atoms with Crippen LogP contribution in [0.4, 0.5) is 5.69 Å². The first-order valence-electron chi connectivity index (χ1n) is 6.22. The fourth-order valence-corrected chi connectivity index (χ4v) is 3.03. The number of nitrogens with one attached hydrogen (secondary N) is 2. The van der Waals surface area contributed by atoms with Crippen molar-refractivity contribution < 1.29 is 8.42 Å². The summed E-state index contributed by atoms with van der Waals surface area (Å²) in [6.07, 6.45) is 1.45. The van der Waals surface area contributed by atoms with Crippen LogP contribution in [-0.4, -0.2) is 25.2 Å². The van der Waals surface area contributed by atoms with Gasteiger partial charge in [0.05, 0.1) is 6.20 Å². The van der Waals surface area contributed by atoms with E-state index in [0.29, 0.717) is 5.69 Å². The van der Waals surface area contributed by atoms with Crippen molar-refractivity contribution in [2.75, 3.05) is 11.8 Å². The van der Waals surface area contributed by atoms with E-state index in [2.05, 4.69) is 15.1 Å². The number of hydrogen-bond donors (Lipinski definition) is 2. The van der Waals surface area contributed by atoms with Gasteiger partial charge in [0.15, 0.2) is 5.03 Å². The van der Waals surface area contributed by atoms with Crippen LogP contribution in [0.25, 0.3) is 0 Å². The van der Waals surface area contributed by atoms with Gasteiger partial charge < -0.3 is 5.32 Å². The summed E-state index contributed by atoms with van der Waals surface area (Å²) in [6.45, 7) is 2.04. The SMILES string of the molecule is CNC(C)c1ccc(NS(=O)(=O)c2ccnn2C)cc1. The molecule has 2 aromatic rings. The Labute approximate surface area is 118 Å². The van der Waals surface area contributed by atoms with E-state index in [1.165, 1.54) is 16.9 Å². The first-order valence-corrected chi connectivity index (χ1v) is 7.70. The molecule has 1 unspecified atom stereocenters. The average molecular weight is 294 g/mol. The lowest BCUT2D eigenvalue weighted by atomic mass is 10.1. The van der Waals surface area contributed by atoms with E-state index in [0.717, 1.165) is 5.56 Å². The van der Waals surface area contributed by atoms with Crippen molar-refractivity contribution in [3.63, 3.8) is 0 Å². The maximum Gasteiger partial charge on any atom is 0.279 e. The zero-order valence-corrected chi connectivity index (χ0v) is 12.5. The van der Waals surface area contributed by atoms with Gasteiger partial charge in [-0.2, -0.15) is 13.5 Å². The van der Waals surface area contributed by atoms with Crippen molar-refractivity contribution in [3.8, 4) is 0 Å². The molecule has 6 nitrogen and oxygen atoms in total. The van der Waals surface area contributed by atoms with Crippen molar-refractivity contribution in [1.82, 2.24) is 15.1 Å². The highest BCUT2D eigenvalue weighted by atomic mass is 32.2. The second-order valence-corrected chi connectivity index (χ2v) is 6.16. The van der Waals surface area contributed by atoms with E-state index in [1.807, 2.05) is 26.1 Å². The van der Waals surface area contributed by atoms with Crippen molar-refractivity contribution >= 4 is 15.7 Å². The van der Waals surface area contributed by atoms with Gasteiger partial charge in [0.1, 0.15) is 0 Å². The maximum absolute atomic E-state index is 12.2. The summed E-state index contributed by atoms with van der Waals surface area (Å²) in [5.74, 6) is 0. The predicted octanol–water partition coefficient (Wildman–Crippen LogP) is 1.50. The monoisotopic (exact) mass is 294 g/mol. The highest BCUT2D eigenvalue weighted by molar-refractivity contribution is 7.92. The van der Waals surface area contributed by atoms with Crippen LogP contribution in [0, 0.1) is 0 Å². The predicted molar refractivity (Wildman–Crippen MR) is 77.9 cm³/mol. The summed E-state index contributed by atoms with van der Waals surface area (Å²) >= 11 is 0. The third kappa shape index (κ3) is 3.00. The summed E-state index contributed by atoms with van der Waals surface area (Å²) in [4.78, 5) is 0. The molecule has 108 valence electrons. The fraction of sp³-hybridized carbons (Fsp3) is 0.308. The lowest BCUT2D eigenvalue weighted by molar-refractivity contribution is 0.582. The molecular formula is C13H18N4O2S. The number of hydrogen-bond acceptors (Lipinski definition) is 4. The molecule has 0 saturated heterocycles. The van der Waals surface area contributed by atoms with Gasteiger partial charge in [-0.15, -0.1) is 0 Å². The number of anilines is 1. The van der Waals surface area contributed by atoms with E-state index in [9.17, 15) is 8.42 Å². The molecular weight excluding hydrogens is 276 g/mol. The molecule has 0 amide bonds. The molecule has 1 aromatic heterocycles. The quantitative estimate of drug-likeness (QED) is 0.876. The van der Waals surface area contributed by atoms with Gasteiger partial charge in [0.25, 0.3) is 10.0 Å². The number of aromatic nitrogens is 2. The summed E-state index contributed by atoms with van der Waals surface area (Å²) < 4.78 is 28.2. The zero-order chi connectivity index (χ0) is 14.8. The Hall–Kier alpha value is -1.86. The molecule has 1 aromatic carbocycles. The number of benzene rings is 1. The molecule has 1 heterocycles. The molecule has 0 bridgehead atoms. The minimum Gasteiger partial charge on any atom is -0.313 e. The Morgan fingerprint density at radius 3 is 2.35 bits per heavy atom. The van der Waals surface area contributed by atoms with Crippen molar-refractivity contribution in [2.45, 2.75) is 18.0 Å². The molecule has 0 saturated carbocycles. The van der Waals surface area contributed by atoms with E-state index >= 15 is 0 Å². The van der Waals surface area contributed by atoms with Gasteiger partial charge >= 0.3 is 0 Å². The lowest BCUT2D eigenvalue weighted by Crippen LogP contribution is -2.17. The average Bonchev–Trinajstić information content (AvgIpc) is 2.85. The van der Waals surface area contributed by atoms with Crippen LogP contribution >= 0.6 is 0 Å². The number of aryl methyl sites for hydroxylation is 1. The normalized spacial score (nSPS) is 13.2. The molecule has 0 aliphatic heterocycles. The van der Waals surface area contributed by atoms with E-state index in [4.69, 9.17) is 0 Å². The van der Waals surface area contributed by atoms with Crippen LogP contribution in [-0.2, 0) is 17.1 Å². The Morgan fingerprint density at radius 2 is 1.85 bits per heavy atom.